The van der Waals surface area contributed by atoms with Gasteiger partial charge in [-0.05, 0) is 115 Å². The van der Waals surface area contributed by atoms with Crippen molar-refractivity contribution < 1.29 is 28.7 Å². The predicted molar refractivity (Wildman–Crippen MR) is 215 cm³/mol. The molecule has 2 aromatic rings. The molecule has 0 saturated carbocycles. The van der Waals surface area contributed by atoms with Crippen LogP contribution in [0.1, 0.15) is 47.7 Å². The van der Waals surface area contributed by atoms with Crippen LogP contribution in [0.4, 0.5) is 5.69 Å². The minimum Gasteiger partial charge on any atom is -0.460 e. The molecule has 0 bridgehead atoms. The van der Waals surface area contributed by atoms with Gasteiger partial charge in [0.2, 0.25) is 5.91 Å². The molecule has 2 N–H and O–H groups in total. The molecule has 57 heavy (non-hydrogen) atoms. The molecule has 0 unspecified atom stereocenters. The number of carbonyl (C=O) groups excluding carboxylic acids is 4. The number of nitrogens with zero attached hydrogens (tertiary/aromatic N) is 1. The van der Waals surface area contributed by atoms with Crippen LogP contribution in [0.5, 0.6) is 5.75 Å². The standard InChI is InChI=1S/C48H31N3O6/c1-4-6-7-8-9-10-11-12-13-14-15-16-17-18-19-20-21-22-23-24-32-56-43-34-39(3)33-40(35-43)38-57-47(54)37-50-48(55)41-27-29-42(30-28-41)49-36-45(52)44-26-25-31-51(44)46(53)5-2/h1,27-30,33-35,44,49H,5,25-26,31,36-38H2,2-3H3,(H,50,55)/t44-/m0/s1. The van der Waals surface area contributed by atoms with Crippen molar-refractivity contribution in [1.82, 2.24) is 10.2 Å². The van der Waals surface area contributed by atoms with Crippen molar-refractivity contribution >= 4 is 29.3 Å². The van der Waals surface area contributed by atoms with E-state index in [9.17, 15) is 19.2 Å². The fourth-order valence-electron chi connectivity index (χ4n) is 4.76. The van der Waals surface area contributed by atoms with E-state index in [2.05, 4.69) is 135 Å². The smallest absolute Gasteiger partial charge is 0.325 e. The number of anilines is 1. The second-order valence-electron chi connectivity index (χ2n) is 11.2. The summed E-state index contributed by atoms with van der Waals surface area (Å²) in [4.78, 5) is 51.5. The van der Waals surface area contributed by atoms with Crippen LogP contribution in [0.2, 0.25) is 0 Å². The van der Waals surface area contributed by atoms with Crippen molar-refractivity contribution in [2.45, 2.75) is 45.8 Å². The number of aryl methyl sites for hydroxylation is 1. The van der Waals surface area contributed by atoms with Crippen molar-refractivity contribution in [2.75, 3.05) is 25.0 Å². The summed E-state index contributed by atoms with van der Waals surface area (Å²) in [5.74, 6) is 48.6. The van der Waals surface area contributed by atoms with Gasteiger partial charge in [-0.15, -0.1) is 6.42 Å². The van der Waals surface area contributed by atoms with E-state index in [-0.39, 0.29) is 31.4 Å². The summed E-state index contributed by atoms with van der Waals surface area (Å²) < 4.78 is 10.8. The van der Waals surface area contributed by atoms with Crippen LogP contribution in [0, 0.1) is 138 Å². The lowest BCUT2D eigenvalue weighted by atomic mass is 10.1. The van der Waals surface area contributed by atoms with Gasteiger partial charge >= 0.3 is 5.97 Å². The van der Waals surface area contributed by atoms with Gasteiger partial charge in [0.1, 0.15) is 25.0 Å². The molecule has 9 nitrogen and oxygen atoms in total. The topological polar surface area (TPSA) is 114 Å². The monoisotopic (exact) mass is 745 g/mol. The normalized spacial score (nSPS) is 10.8. The van der Waals surface area contributed by atoms with Gasteiger partial charge in [-0.3, -0.25) is 19.2 Å². The first-order valence-electron chi connectivity index (χ1n) is 17.1. The molecule has 274 valence electrons. The summed E-state index contributed by atoms with van der Waals surface area (Å²) in [6, 6.07) is 11.3. The van der Waals surface area contributed by atoms with Crippen LogP contribution in [0.3, 0.4) is 0 Å². The number of terminal acetylenes is 1. The number of esters is 1. The molecule has 0 spiro atoms. The Balaban J connectivity index is 1.38. The van der Waals surface area contributed by atoms with Gasteiger partial charge in [-0.2, -0.15) is 0 Å². The molecule has 1 saturated heterocycles. The van der Waals surface area contributed by atoms with Crippen LogP contribution in [0.15, 0.2) is 42.5 Å². The van der Waals surface area contributed by atoms with Gasteiger partial charge in [0, 0.05) is 95.3 Å². The second-order valence-corrected chi connectivity index (χ2v) is 11.2. The predicted octanol–water partition coefficient (Wildman–Crippen LogP) is 2.85. The van der Waals surface area contributed by atoms with Crippen LogP contribution in [-0.4, -0.2) is 54.1 Å². The van der Waals surface area contributed by atoms with E-state index < -0.39 is 17.9 Å². The first kappa shape index (κ1) is 42.7. The third-order valence-electron chi connectivity index (χ3n) is 7.18. The fraction of sp³-hybridized carbons (Fsp3) is 0.208. The lowest BCUT2D eigenvalue weighted by Gasteiger charge is -2.23. The molecular formula is C48H31N3O6. The molecule has 1 fully saturated rings. The number of Topliss-reactive ketones (excluding diaryl/α,β-unsaturated/α-hetero) is 1. The summed E-state index contributed by atoms with van der Waals surface area (Å²) in [5, 5.41) is 5.59. The Morgan fingerprint density at radius 1 is 0.754 bits per heavy atom. The Hall–Kier alpha value is -8.72. The Kier molecular flexibility index (Phi) is 18.9. The molecule has 1 heterocycles. The minimum atomic E-state index is -0.632. The third kappa shape index (κ3) is 17.1. The van der Waals surface area contributed by atoms with Crippen LogP contribution < -0.4 is 15.4 Å². The van der Waals surface area contributed by atoms with Gasteiger partial charge in [-0.1, -0.05) is 13.0 Å². The summed E-state index contributed by atoms with van der Waals surface area (Å²) in [6.07, 6.45) is 9.26. The molecule has 0 aromatic heterocycles. The molecule has 1 aliphatic rings. The van der Waals surface area contributed by atoms with Gasteiger partial charge in [0.15, 0.2) is 5.78 Å². The third-order valence-corrected chi connectivity index (χ3v) is 7.18. The number of hydrogen-bond acceptors (Lipinski definition) is 7. The zero-order chi connectivity index (χ0) is 40.9. The van der Waals surface area contributed by atoms with Crippen LogP contribution >= 0.6 is 0 Å². The number of likely N-dealkylation sites (tertiary alicyclic amines) is 1. The SMILES string of the molecule is C#CC#CC#CC#CC#CC#CC#CC#CC#CC#CC#COc1cc(C)cc(COC(=O)CNC(=O)c2ccc(NCC(=O)[C@@H]3CCCN3C(=O)CC)cc2)c1. The second kappa shape index (κ2) is 25.3. The molecule has 9 heteroatoms. The van der Waals surface area contributed by atoms with E-state index in [1.807, 2.05) is 13.0 Å². The molecule has 2 amide bonds. The summed E-state index contributed by atoms with van der Waals surface area (Å²) in [5.41, 5.74) is 2.47. The first-order chi connectivity index (χ1) is 27.8. The zero-order valence-corrected chi connectivity index (χ0v) is 31.0. The zero-order valence-electron chi connectivity index (χ0n) is 31.0. The number of rotatable bonds is 11. The van der Waals surface area contributed by atoms with E-state index in [1.165, 1.54) is 0 Å². The minimum absolute atomic E-state index is 0.0207. The number of carbonyl (C=O) groups is 4. The van der Waals surface area contributed by atoms with E-state index in [4.69, 9.17) is 15.9 Å². The highest BCUT2D eigenvalue weighted by molar-refractivity contribution is 5.96. The number of nitrogens with one attached hydrogen (secondary N) is 2. The highest BCUT2D eigenvalue weighted by Crippen LogP contribution is 2.20. The van der Waals surface area contributed by atoms with Crippen molar-refractivity contribution in [2.24, 2.45) is 0 Å². The van der Waals surface area contributed by atoms with Crippen LogP contribution in [-0.2, 0) is 25.7 Å². The maximum Gasteiger partial charge on any atom is 0.325 e. The quantitative estimate of drug-likeness (QED) is 0.269. The molecule has 0 aliphatic carbocycles. The highest BCUT2D eigenvalue weighted by atomic mass is 16.5. The summed E-state index contributed by atoms with van der Waals surface area (Å²) >= 11 is 0. The van der Waals surface area contributed by atoms with Gasteiger partial charge in [-0.25, -0.2) is 0 Å². The number of hydrogen-bond donors (Lipinski definition) is 2. The van der Waals surface area contributed by atoms with E-state index in [0.717, 1.165) is 12.0 Å². The van der Waals surface area contributed by atoms with Crippen molar-refractivity contribution in [3.63, 3.8) is 0 Å². The first-order valence-corrected chi connectivity index (χ1v) is 17.1. The van der Waals surface area contributed by atoms with E-state index in [0.29, 0.717) is 42.0 Å². The molecule has 0 radical (unpaired) electrons. The molecule has 2 aromatic carbocycles. The lowest BCUT2D eigenvalue weighted by Crippen LogP contribution is -2.42. The Morgan fingerprint density at radius 3 is 1.88 bits per heavy atom. The average Bonchev–Trinajstić information content (AvgIpc) is 3.72. The molecule has 3 rings (SSSR count). The number of amides is 2. The van der Waals surface area contributed by atoms with Gasteiger partial charge in [0.05, 0.1) is 12.6 Å². The highest BCUT2D eigenvalue weighted by Gasteiger charge is 2.32. The molecular weight excluding hydrogens is 715 g/mol. The van der Waals surface area contributed by atoms with E-state index in [1.54, 1.807) is 48.2 Å². The van der Waals surface area contributed by atoms with Gasteiger partial charge < -0.3 is 25.0 Å². The van der Waals surface area contributed by atoms with Crippen molar-refractivity contribution in [3.8, 4) is 137 Å². The molecule has 1 atom stereocenters. The largest absolute Gasteiger partial charge is 0.460 e. The van der Waals surface area contributed by atoms with Gasteiger partial charge in [0.25, 0.3) is 5.91 Å². The van der Waals surface area contributed by atoms with Crippen molar-refractivity contribution in [3.05, 3.63) is 59.2 Å². The summed E-state index contributed by atoms with van der Waals surface area (Å²) in [6.45, 7) is 3.91. The fourth-order valence-corrected chi connectivity index (χ4v) is 4.76. The Bertz CT molecular complexity index is 2580. The lowest BCUT2D eigenvalue weighted by molar-refractivity contribution is -0.143. The maximum atomic E-state index is 12.7. The molecule has 1 aliphatic heterocycles. The van der Waals surface area contributed by atoms with E-state index >= 15 is 0 Å². The summed E-state index contributed by atoms with van der Waals surface area (Å²) in [7, 11) is 0. The number of benzene rings is 2. The Morgan fingerprint density at radius 2 is 1.32 bits per heavy atom. The maximum absolute atomic E-state index is 12.7. The van der Waals surface area contributed by atoms with Crippen molar-refractivity contribution in [1.29, 1.82) is 0 Å². The Labute approximate surface area is 333 Å². The van der Waals surface area contributed by atoms with Crippen LogP contribution in [0.25, 0.3) is 0 Å². The average molecular weight is 746 g/mol. The number of ketones is 1. The number of ether oxygens (including phenoxy) is 2.